The summed E-state index contributed by atoms with van der Waals surface area (Å²) in [6.07, 6.45) is 1.43. The van der Waals surface area contributed by atoms with E-state index in [0.29, 0.717) is 54.5 Å². The third-order valence-corrected chi connectivity index (χ3v) is 10.6. The number of thiophene rings is 2. The molecular weight excluding hydrogens is 713 g/mol. The molecule has 0 bridgehead atoms. The lowest BCUT2D eigenvalue weighted by molar-refractivity contribution is 0.0733. The third kappa shape index (κ3) is 7.18. The van der Waals surface area contributed by atoms with E-state index < -0.39 is 11.9 Å². The molecule has 4 aromatic carbocycles. The highest BCUT2D eigenvalue weighted by Gasteiger charge is 2.21. The van der Waals surface area contributed by atoms with Crippen LogP contribution in [0.2, 0.25) is 15.1 Å². The highest BCUT2D eigenvalue weighted by atomic mass is 35.5. The van der Waals surface area contributed by atoms with Gasteiger partial charge in [-0.3, -0.25) is 9.59 Å². The van der Waals surface area contributed by atoms with Crippen molar-refractivity contribution in [2.24, 2.45) is 5.10 Å². The number of aryl methyl sites for hydroxylation is 1. The summed E-state index contributed by atoms with van der Waals surface area (Å²) in [6.45, 7) is 4.10. The van der Waals surface area contributed by atoms with Gasteiger partial charge in [-0.25, -0.2) is 10.2 Å². The van der Waals surface area contributed by atoms with Crippen LogP contribution in [0.15, 0.2) is 84.0 Å². The van der Waals surface area contributed by atoms with Crippen LogP contribution < -0.4 is 20.2 Å². The molecule has 0 radical (unpaired) electrons. The normalized spacial score (nSPS) is 11.3. The van der Waals surface area contributed by atoms with Gasteiger partial charge in [-0.2, -0.15) is 5.10 Å². The van der Waals surface area contributed by atoms with E-state index in [1.165, 1.54) is 28.9 Å². The maximum absolute atomic E-state index is 13.0. The quantitative estimate of drug-likeness (QED) is 0.0665. The Balaban J connectivity index is 1.08. The Hall–Kier alpha value is -4.45. The van der Waals surface area contributed by atoms with Gasteiger partial charge in [-0.1, -0.05) is 53.0 Å². The molecule has 0 spiro atoms. The van der Waals surface area contributed by atoms with Crippen molar-refractivity contribution < 1.29 is 23.9 Å². The van der Waals surface area contributed by atoms with Crippen LogP contribution in [0.4, 0.5) is 5.69 Å². The second kappa shape index (κ2) is 14.3. The fraction of sp³-hybridized carbons (Fsp3) is 0.0857. The van der Waals surface area contributed by atoms with E-state index in [0.717, 1.165) is 20.3 Å². The van der Waals surface area contributed by atoms with Gasteiger partial charge in [0.1, 0.15) is 9.75 Å². The van der Waals surface area contributed by atoms with Crippen molar-refractivity contribution in [3.63, 3.8) is 0 Å². The lowest BCUT2D eigenvalue weighted by Crippen LogP contribution is -2.17. The predicted molar refractivity (Wildman–Crippen MR) is 195 cm³/mol. The van der Waals surface area contributed by atoms with Crippen LogP contribution in [-0.4, -0.2) is 30.6 Å². The first kappa shape index (κ1) is 33.5. The van der Waals surface area contributed by atoms with Crippen LogP contribution in [0.1, 0.15) is 47.8 Å². The van der Waals surface area contributed by atoms with Crippen LogP contribution in [0.5, 0.6) is 11.5 Å². The number of benzene rings is 4. The number of nitrogens with zero attached hydrogens (tertiary/aromatic N) is 1. The van der Waals surface area contributed by atoms with Crippen molar-refractivity contribution in [3.8, 4) is 11.5 Å². The number of carbonyl (C=O) groups is 3. The molecule has 48 heavy (non-hydrogen) atoms. The molecule has 6 rings (SSSR count). The molecule has 242 valence electrons. The standard InChI is InChI=1S/C35H24Cl3N3O5S2/c1-3-45-26-15-19(5-13-25(26)46-35(44)32-30(38)24-12-8-21(36)16-28(24)48-32)17-39-41-33(42)20-6-9-22(10-7-20)40-34(43)31-29(37)23-11-4-18(2)14-27(23)47-31/h4-17H,3H2,1-2H3,(H,40,43)(H,41,42)/b39-17-. The molecule has 2 aromatic heterocycles. The summed E-state index contributed by atoms with van der Waals surface area (Å²) in [4.78, 5) is 39.3. The number of hydrogen-bond acceptors (Lipinski definition) is 8. The predicted octanol–water partition coefficient (Wildman–Crippen LogP) is 10.0. The lowest BCUT2D eigenvalue weighted by Gasteiger charge is -2.11. The molecule has 13 heteroatoms. The highest BCUT2D eigenvalue weighted by molar-refractivity contribution is 7.22. The summed E-state index contributed by atoms with van der Waals surface area (Å²) in [5.41, 5.74) is 4.99. The van der Waals surface area contributed by atoms with Crippen LogP contribution in [0, 0.1) is 6.92 Å². The first-order valence-electron chi connectivity index (χ1n) is 14.4. The minimum absolute atomic E-state index is 0.200. The van der Waals surface area contributed by atoms with E-state index in [9.17, 15) is 14.4 Å². The first-order chi connectivity index (χ1) is 23.1. The largest absolute Gasteiger partial charge is 0.490 e. The number of amides is 2. The molecule has 0 aliphatic heterocycles. The third-order valence-electron chi connectivity index (χ3n) is 7.02. The molecule has 0 unspecified atom stereocenters. The van der Waals surface area contributed by atoms with Crippen molar-refractivity contribution in [2.75, 3.05) is 11.9 Å². The molecular formula is C35H24Cl3N3O5S2. The summed E-state index contributed by atoms with van der Waals surface area (Å²) < 4.78 is 13.0. The van der Waals surface area contributed by atoms with Gasteiger partial charge in [0.05, 0.1) is 22.9 Å². The van der Waals surface area contributed by atoms with E-state index in [4.69, 9.17) is 44.3 Å². The van der Waals surface area contributed by atoms with Gasteiger partial charge in [0.15, 0.2) is 11.5 Å². The number of rotatable bonds is 9. The molecule has 2 N–H and O–H groups in total. The SMILES string of the molecule is CCOc1cc(/C=N\NC(=O)c2ccc(NC(=O)c3sc4cc(C)ccc4c3Cl)cc2)ccc1OC(=O)c1sc2cc(Cl)ccc2c1Cl. The zero-order chi connectivity index (χ0) is 33.9. The maximum Gasteiger partial charge on any atom is 0.355 e. The maximum atomic E-state index is 13.0. The van der Waals surface area contributed by atoms with E-state index in [1.807, 2.05) is 25.1 Å². The van der Waals surface area contributed by atoms with Gasteiger partial charge in [0.2, 0.25) is 0 Å². The lowest BCUT2D eigenvalue weighted by atomic mass is 10.2. The fourth-order valence-corrected chi connectivity index (χ4v) is 7.89. The van der Waals surface area contributed by atoms with Gasteiger partial charge >= 0.3 is 5.97 Å². The van der Waals surface area contributed by atoms with Crippen molar-refractivity contribution in [1.29, 1.82) is 0 Å². The summed E-state index contributed by atoms with van der Waals surface area (Å²) in [5, 5.41) is 9.66. The Kier molecular flexibility index (Phi) is 10.00. The average molecular weight is 737 g/mol. The molecule has 2 heterocycles. The highest BCUT2D eigenvalue weighted by Crippen LogP contribution is 2.39. The van der Waals surface area contributed by atoms with Crippen LogP contribution in [-0.2, 0) is 0 Å². The van der Waals surface area contributed by atoms with E-state index >= 15 is 0 Å². The second-order valence-electron chi connectivity index (χ2n) is 10.4. The van der Waals surface area contributed by atoms with Gasteiger partial charge in [0, 0.05) is 36.4 Å². The minimum Gasteiger partial charge on any atom is -0.490 e. The number of esters is 1. The summed E-state index contributed by atoms with van der Waals surface area (Å²) in [7, 11) is 0. The van der Waals surface area contributed by atoms with Crippen molar-refractivity contribution in [1.82, 2.24) is 5.43 Å². The Morgan fingerprint density at radius 3 is 2.23 bits per heavy atom. The minimum atomic E-state index is -0.628. The average Bonchev–Trinajstić information content (AvgIpc) is 3.57. The monoisotopic (exact) mass is 735 g/mol. The van der Waals surface area contributed by atoms with E-state index in [1.54, 1.807) is 67.6 Å². The van der Waals surface area contributed by atoms with Gasteiger partial charge < -0.3 is 14.8 Å². The molecule has 2 amide bonds. The number of anilines is 1. The number of halogens is 3. The first-order valence-corrected chi connectivity index (χ1v) is 17.2. The molecule has 0 fully saturated rings. The van der Waals surface area contributed by atoms with Crippen molar-refractivity contribution in [3.05, 3.63) is 120 Å². The van der Waals surface area contributed by atoms with Gasteiger partial charge in [0.25, 0.3) is 11.8 Å². The number of hydrazone groups is 1. The number of nitrogens with one attached hydrogen (secondary N) is 2. The molecule has 8 nitrogen and oxygen atoms in total. The van der Waals surface area contributed by atoms with Crippen LogP contribution >= 0.6 is 57.5 Å². The molecule has 6 aromatic rings. The number of ether oxygens (including phenoxy) is 2. The Bertz CT molecular complexity index is 2250. The molecule has 0 aliphatic rings. The van der Waals surface area contributed by atoms with Crippen LogP contribution in [0.3, 0.4) is 0 Å². The summed E-state index contributed by atoms with van der Waals surface area (Å²) in [5.74, 6) is -0.902. The number of fused-ring (bicyclic) bond motifs is 2. The Morgan fingerprint density at radius 2 is 1.48 bits per heavy atom. The molecule has 0 aliphatic carbocycles. The molecule has 0 atom stereocenters. The molecule has 0 saturated heterocycles. The Morgan fingerprint density at radius 1 is 0.792 bits per heavy atom. The summed E-state index contributed by atoms with van der Waals surface area (Å²) >= 11 is 21.5. The molecule has 0 saturated carbocycles. The van der Waals surface area contributed by atoms with Gasteiger partial charge in [-0.15, -0.1) is 22.7 Å². The Labute approximate surface area is 297 Å². The fourth-order valence-electron chi connectivity index (χ4n) is 4.72. The van der Waals surface area contributed by atoms with Crippen molar-refractivity contribution >= 4 is 107 Å². The van der Waals surface area contributed by atoms with Gasteiger partial charge in [-0.05, 0) is 85.6 Å². The second-order valence-corrected chi connectivity index (χ2v) is 13.7. The van der Waals surface area contributed by atoms with Crippen molar-refractivity contribution in [2.45, 2.75) is 13.8 Å². The van der Waals surface area contributed by atoms with E-state index in [-0.39, 0.29) is 16.5 Å². The van der Waals surface area contributed by atoms with E-state index in [2.05, 4.69) is 15.8 Å². The zero-order valence-corrected chi connectivity index (χ0v) is 29.1. The number of carbonyl (C=O) groups excluding carboxylic acids is 3. The smallest absolute Gasteiger partial charge is 0.355 e. The van der Waals surface area contributed by atoms with Crippen LogP contribution in [0.25, 0.3) is 20.2 Å². The summed E-state index contributed by atoms with van der Waals surface area (Å²) in [6, 6.07) is 22.3. The number of hydrogen-bond donors (Lipinski definition) is 2. The topological polar surface area (TPSA) is 106 Å². The zero-order valence-electron chi connectivity index (χ0n) is 25.2.